The van der Waals surface area contributed by atoms with Crippen molar-refractivity contribution in [1.29, 1.82) is 0 Å². The van der Waals surface area contributed by atoms with Gasteiger partial charge in [0, 0.05) is 26.2 Å². The highest BCUT2D eigenvalue weighted by molar-refractivity contribution is 7.92. The number of fused-ring (bicyclic) bond motifs is 1. The number of benzene rings is 2. The van der Waals surface area contributed by atoms with Crippen LogP contribution in [-0.2, 0) is 14.8 Å². The molecule has 160 valence electrons. The van der Waals surface area contributed by atoms with E-state index in [1.807, 2.05) is 24.3 Å². The number of amides is 1. The summed E-state index contributed by atoms with van der Waals surface area (Å²) in [6.45, 7) is 2.34. The number of anilines is 2. The fourth-order valence-corrected chi connectivity index (χ4v) is 4.82. The maximum absolute atomic E-state index is 13.1. The lowest BCUT2D eigenvalue weighted by Gasteiger charge is -2.40. The molecule has 0 radical (unpaired) electrons. The van der Waals surface area contributed by atoms with Crippen LogP contribution < -0.4 is 18.7 Å². The summed E-state index contributed by atoms with van der Waals surface area (Å²) < 4.78 is 37.1. The SMILES string of the molecule is COc1ccccc1N1CCN(C(=O)[C@H]2CN(S(C)(=O)=O)c3ccccc3O2)CC1. The van der Waals surface area contributed by atoms with Crippen LogP contribution in [0.15, 0.2) is 48.5 Å². The molecule has 0 saturated carbocycles. The molecule has 0 bridgehead atoms. The molecule has 4 rings (SSSR count). The van der Waals surface area contributed by atoms with Crippen LogP contribution in [0, 0.1) is 0 Å². The quantitative estimate of drug-likeness (QED) is 0.731. The van der Waals surface area contributed by atoms with Crippen LogP contribution in [-0.4, -0.2) is 71.4 Å². The monoisotopic (exact) mass is 431 g/mol. The largest absolute Gasteiger partial charge is 0.495 e. The summed E-state index contributed by atoms with van der Waals surface area (Å²) in [4.78, 5) is 17.1. The molecule has 0 spiro atoms. The van der Waals surface area contributed by atoms with Gasteiger partial charge in [-0.1, -0.05) is 24.3 Å². The van der Waals surface area contributed by atoms with Crippen LogP contribution >= 0.6 is 0 Å². The van der Waals surface area contributed by atoms with Gasteiger partial charge in [0.05, 0.1) is 31.3 Å². The van der Waals surface area contributed by atoms with Crippen LogP contribution in [0.25, 0.3) is 0 Å². The number of piperazine rings is 1. The predicted molar refractivity (Wildman–Crippen MR) is 115 cm³/mol. The van der Waals surface area contributed by atoms with Gasteiger partial charge in [-0.15, -0.1) is 0 Å². The number of ether oxygens (including phenoxy) is 2. The summed E-state index contributed by atoms with van der Waals surface area (Å²) in [6, 6.07) is 14.7. The van der Waals surface area contributed by atoms with Gasteiger partial charge in [-0.2, -0.15) is 0 Å². The van der Waals surface area contributed by atoms with Crippen molar-refractivity contribution in [3.8, 4) is 11.5 Å². The van der Waals surface area contributed by atoms with Gasteiger partial charge < -0.3 is 19.3 Å². The van der Waals surface area contributed by atoms with Gasteiger partial charge in [-0.05, 0) is 24.3 Å². The number of nitrogens with zero attached hydrogens (tertiary/aromatic N) is 3. The molecule has 2 aliphatic heterocycles. The number of para-hydroxylation sites is 4. The van der Waals surface area contributed by atoms with Gasteiger partial charge in [-0.3, -0.25) is 9.10 Å². The zero-order chi connectivity index (χ0) is 21.3. The maximum atomic E-state index is 13.1. The van der Waals surface area contributed by atoms with Crippen molar-refractivity contribution in [2.75, 3.05) is 55.3 Å². The van der Waals surface area contributed by atoms with Gasteiger partial charge in [0.1, 0.15) is 11.5 Å². The highest BCUT2D eigenvalue weighted by Gasteiger charge is 2.37. The molecule has 30 heavy (non-hydrogen) atoms. The van der Waals surface area contributed by atoms with Gasteiger partial charge in [-0.25, -0.2) is 8.42 Å². The molecule has 1 saturated heterocycles. The molecule has 0 N–H and O–H groups in total. The summed E-state index contributed by atoms with van der Waals surface area (Å²) in [7, 11) is -1.89. The number of carbonyl (C=O) groups excluding carboxylic acids is 1. The van der Waals surface area contributed by atoms with E-state index in [9.17, 15) is 13.2 Å². The molecule has 0 unspecified atom stereocenters. The Labute approximate surface area is 176 Å². The van der Waals surface area contributed by atoms with Crippen molar-refractivity contribution in [3.05, 3.63) is 48.5 Å². The van der Waals surface area contributed by atoms with E-state index in [1.54, 1.807) is 36.3 Å². The minimum atomic E-state index is -3.53. The van der Waals surface area contributed by atoms with Crippen molar-refractivity contribution in [3.63, 3.8) is 0 Å². The minimum Gasteiger partial charge on any atom is -0.495 e. The second-order valence-electron chi connectivity index (χ2n) is 7.35. The predicted octanol–water partition coefficient (Wildman–Crippen LogP) is 1.57. The van der Waals surface area contributed by atoms with Crippen molar-refractivity contribution in [2.24, 2.45) is 0 Å². The van der Waals surface area contributed by atoms with E-state index in [0.29, 0.717) is 37.6 Å². The average molecular weight is 432 g/mol. The van der Waals surface area contributed by atoms with E-state index in [1.165, 1.54) is 4.31 Å². The van der Waals surface area contributed by atoms with Gasteiger partial charge in [0.2, 0.25) is 10.0 Å². The van der Waals surface area contributed by atoms with E-state index in [4.69, 9.17) is 9.47 Å². The van der Waals surface area contributed by atoms with Crippen LogP contribution in [0.2, 0.25) is 0 Å². The molecule has 9 heteroatoms. The standard InChI is InChI=1S/C21H25N3O5S/c1-28-18-9-5-3-7-16(18)22-11-13-23(14-12-22)21(25)20-15-24(30(2,26)27)17-8-4-6-10-19(17)29-20/h3-10,20H,11-15H2,1-2H3/t20-/m1/s1. The van der Waals surface area contributed by atoms with Crippen LogP contribution in [0.1, 0.15) is 0 Å². The minimum absolute atomic E-state index is 0.0264. The second-order valence-corrected chi connectivity index (χ2v) is 9.26. The smallest absolute Gasteiger partial charge is 0.265 e. The molecular weight excluding hydrogens is 406 g/mol. The third-order valence-electron chi connectivity index (χ3n) is 5.43. The van der Waals surface area contributed by atoms with E-state index in [-0.39, 0.29) is 12.5 Å². The van der Waals surface area contributed by atoms with Crippen molar-refractivity contribution in [1.82, 2.24) is 4.90 Å². The third-order valence-corrected chi connectivity index (χ3v) is 6.57. The second kappa shape index (κ2) is 8.06. The Balaban J connectivity index is 1.47. The molecule has 0 aliphatic carbocycles. The highest BCUT2D eigenvalue weighted by atomic mass is 32.2. The zero-order valence-electron chi connectivity index (χ0n) is 17.0. The normalized spacial score (nSPS) is 19.1. The van der Waals surface area contributed by atoms with Crippen molar-refractivity contribution < 1.29 is 22.7 Å². The first-order valence-electron chi connectivity index (χ1n) is 9.78. The summed E-state index contributed by atoms with van der Waals surface area (Å²) in [5, 5.41) is 0. The van der Waals surface area contributed by atoms with Gasteiger partial charge >= 0.3 is 0 Å². The first-order valence-corrected chi connectivity index (χ1v) is 11.6. The van der Waals surface area contributed by atoms with Crippen LogP contribution in [0.3, 0.4) is 0 Å². The summed E-state index contributed by atoms with van der Waals surface area (Å²) in [5.41, 5.74) is 1.46. The van der Waals surface area contributed by atoms with Crippen LogP contribution in [0.5, 0.6) is 11.5 Å². The number of carbonyl (C=O) groups is 1. The molecule has 2 aromatic carbocycles. The Hall–Kier alpha value is -2.94. The summed E-state index contributed by atoms with van der Waals surface area (Å²) in [5.74, 6) is 1.01. The number of hydrogen-bond donors (Lipinski definition) is 0. The van der Waals surface area contributed by atoms with E-state index in [0.717, 1.165) is 17.7 Å². The molecule has 1 amide bonds. The molecule has 8 nitrogen and oxygen atoms in total. The third kappa shape index (κ3) is 3.89. The Kier molecular flexibility index (Phi) is 5.46. The summed E-state index contributed by atoms with van der Waals surface area (Å²) >= 11 is 0. The fourth-order valence-electron chi connectivity index (χ4n) is 3.91. The topological polar surface area (TPSA) is 79.4 Å². The lowest BCUT2D eigenvalue weighted by Crippen LogP contribution is -2.56. The van der Waals surface area contributed by atoms with E-state index in [2.05, 4.69) is 4.90 Å². The highest BCUT2D eigenvalue weighted by Crippen LogP contribution is 2.35. The fraction of sp³-hybridized carbons (Fsp3) is 0.381. The van der Waals surface area contributed by atoms with E-state index < -0.39 is 16.1 Å². The average Bonchev–Trinajstić information content (AvgIpc) is 2.77. The Morgan fingerprint density at radius 3 is 2.30 bits per heavy atom. The first kappa shape index (κ1) is 20.3. The molecule has 0 aromatic heterocycles. The number of sulfonamides is 1. The number of hydrogen-bond acceptors (Lipinski definition) is 6. The lowest BCUT2D eigenvalue weighted by molar-refractivity contribution is -0.138. The van der Waals surface area contributed by atoms with Gasteiger partial charge in [0.25, 0.3) is 5.91 Å². The molecule has 2 aliphatic rings. The molecule has 2 heterocycles. The maximum Gasteiger partial charge on any atom is 0.265 e. The summed E-state index contributed by atoms with van der Waals surface area (Å²) in [6.07, 6.45) is 0.273. The number of rotatable bonds is 4. The Bertz CT molecular complexity index is 1030. The Morgan fingerprint density at radius 1 is 1.00 bits per heavy atom. The molecule has 1 fully saturated rings. The van der Waals surface area contributed by atoms with Crippen molar-refractivity contribution in [2.45, 2.75) is 6.10 Å². The zero-order valence-corrected chi connectivity index (χ0v) is 17.8. The molecule has 2 aromatic rings. The lowest BCUT2D eigenvalue weighted by atomic mass is 10.2. The number of methoxy groups -OCH3 is 1. The van der Waals surface area contributed by atoms with E-state index >= 15 is 0 Å². The Morgan fingerprint density at radius 2 is 1.63 bits per heavy atom. The van der Waals surface area contributed by atoms with Gasteiger partial charge in [0.15, 0.2) is 6.10 Å². The molecule has 1 atom stereocenters. The molecular formula is C21H25N3O5S. The van der Waals surface area contributed by atoms with Crippen molar-refractivity contribution >= 4 is 27.3 Å². The first-order chi connectivity index (χ1) is 14.4. The van der Waals surface area contributed by atoms with Crippen LogP contribution in [0.4, 0.5) is 11.4 Å².